The molecule has 0 radical (unpaired) electrons. The summed E-state index contributed by atoms with van der Waals surface area (Å²) in [6, 6.07) is 2.29. The summed E-state index contributed by atoms with van der Waals surface area (Å²) >= 11 is 0. The van der Waals surface area contributed by atoms with Gasteiger partial charge >= 0.3 is 12.3 Å². The fourth-order valence-corrected chi connectivity index (χ4v) is 3.03. The number of rotatable bonds is 2. The molecule has 1 fully saturated rings. The Morgan fingerprint density at radius 2 is 1.85 bits per heavy atom. The van der Waals surface area contributed by atoms with Crippen molar-refractivity contribution in [2.24, 2.45) is 0 Å². The Kier molecular flexibility index (Phi) is 5.35. The highest BCUT2D eigenvalue weighted by Gasteiger charge is 2.45. The Morgan fingerprint density at radius 3 is 2.35 bits per heavy atom. The predicted molar refractivity (Wildman–Crippen MR) is 85.9 cm³/mol. The van der Waals surface area contributed by atoms with Crippen LogP contribution in [0.3, 0.4) is 0 Å². The highest BCUT2D eigenvalue weighted by atomic mass is 19.4. The Balaban J connectivity index is 2.44. The lowest BCUT2D eigenvalue weighted by Crippen LogP contribution is -2.54. The van der Waals surface area contributed by atoms with Crippen LogP contribution in [0.25, 0.3) is 0 Å². The molecule has 1 N–H and O–H groups in total. The first-order valence-electron chi connectivity index (χ1n) is 8.27. The van der Waals surface area contributed by atoms with Crippen molar-refractivity contribution >= 4 is 11.9 Å². The fraction of sp³-hybridized carbons (Fsp3) is 0.556. The van der Waals surface area contributed by atoms with E-state index < -0.39 is 34.8 Å². The summed E-state index contributed by atoms with van der Waals surface area (Å²) in [5.74, 6) is -1.87. The summed E-state index contributed by atoms with van der Waals surface area (Å²) in [7, 11) is 0. The zero-order chi connectivity index (χ0) is 19.8. The smallest absolute Gasteiger partial charge is 0.419 e. The molecule has 0 bridgehead atoms. The molecule has 1 amide bonds. The summed E-state index contributed by atoms with van der Waals surface area (Å²) in [6.45, 7) is 4.92. The number of alkyl halides is 3. The van der Waals surface area contributed by atoms with E-state index in [0.717, 1.165) is 6.07 Å². The molecule has 8 heteroatoms. The lowest BCUT2D eigenvalue weighted by Gasteiger charge is -2.37. The van der Waals surface area contributed by atoms with Crippen molar-refractivity contribution in [3.05, 3.63) is 35.1 Å². The van der Waals surface area contributed by atoms with Crippen molar-refractivity contribution in [3.8, 4) is 0 Å². The van der Waals surface area contributed by atoms with Gasteiger partial charge in [-0.15, -0.1) is 0 Å². The molecule has 0 spiro atoms. The highest BCUT2D eigenvalue weighted by molar-refractivity contribution is 5.93. The second kappa shape index (κ2) is 6.89. The van der Waals surface area contributed by atoms with Crippen LogP contribution in [0.5, 0.6) is 0 Å². The number of carbonyl (C=O) groups is 2. The Labute approximate surface area is 148 Å². The van der Waals surface area contributed by atoms with Gasteiger partial charge in [0.1, 0.15) is 17.0 Å². The van der Waals surface area contributed by atoms with E-state index in [0.29, 0.717) is 25.0 Å². The third kappa shape index (κ3) is 4.34. The lowest BCUT2D eigenvalue weighted by atomic mass is 9.75. The maximum atomic E-state index is 14.0. The topological polar surface area (TPSA) is 55.4 Å². The third-order valence-electron chi connectivity index (χ3n) is 4.16. The maximum absolute atomic E-state index is 14.0. The minimum atomic E-state index is -4.84. The van der Waals surface area contributed by atoms with Crippen LogP contribution in [0.1, 0.15) is 57.6 Å². The molecule has 1 aromatic carbocycles. The van der Waals surface area contributed by atoms with Crippen molar-refractivity contribution in [2.45, 2.75) is 63.8 Å². The second-order valence-corrected chi connectivity index (χ2v) is 7.35. The monoisotopic (exact) mass is 375 g/mol. The number of hydrogen-bond donors (Lipinski definition) is 1. The van der Waals surface area contributed by atoms with Gasteiger partial charge in [0.05, 0.1) is 5.56 Å². The Hall–Kier alpha value is -2.12. The van der Waals surface area contributed by atoms with Gasteiger partial charge in [-0.1, -0.05) is 6.07 Å². The predicted octanol–water partition coefficient (Wildman–Crippen LogP) is 4.71. The molecular formula is C18H21F4NO3. The zero-order valence-electron chi connectivity index (χ0n) is 14.8. The van der Waals surface area contributed by atoms with Crippen molar-refractivity contribution < 1.29 is 31.9 Å². The molecule has 0 aliphatic heterocycles. The van der Waals surface area contributed by atoms with Gasteiger partial charge < -0.3 is 10.1 Å². The average molecular weight is 375 g/mol. The van der Waals surface area contributed by atoms with E-state index in [1.54, 1.807) is 20.8 Å². The summed E-state index contributed by atoms with van der Waals surface area (Å²) in [5.41, 5.74) is -3.85. The van der Waals surface area contributed by atoms with Gasteiger partial charge in [0.25, 0.3) is 0 Å². The second-order valence-electron chi connectivity index (χ2n) is 7.35. The number of benzene rings is 1. The molecule has 1 atom stereocenters. The van der Waals surface area contributed by atoms with E-state index in [1.807, 2.05) is 0 Å². The first-order valence-corrected chi connectivity index (χ1v) is 8.27. The van der Waals surface area contributed by atoms with Crippen LogP contribution in [-0.4, -0.2) is 17.5 Å². The van der Waals surface area contributed by atoms with Crippen molar-refractivity contribution in [1.29, 1.82) is 0 Å². The first kappa shape index (κ1) is 20.2. The van der Waals surface area contributed by atoms with Crippen LogP contribution in [0.2, 0.25) is 0 Å². The molecule has 0 aromatic heterocycles. The molecule has 1 saturated carbocycles. The Morgan fingerprint density at radius 1 is 1.19 bits per heavy atom. The summed E-state index contributed by atoms with van der Waals surface area (Å²) in [5, 5.41) is 2.48. The van der Waals surface area contributed by atoms with Crippen LogP contribution < -0.4 is 5.32 Å². The van der Waals surface area contributed by atoms with E-state index in [9.17, 15) is 27.2 Å². The summed E-state index contributed by atoms with van der Waals surface area (Å²) in [6.07, 6.45) is -4.27. The highest BCUT2D eigenvalue weighted by Crippen LogP contribution is 2.38. The molecule has 2 rings (SSSR count). The van der Waals surface area contributed by atoms with Crippen molar-refractivity contribution in [3.63, 3.8) is 0 Å². The number of alkyl carbamates (subject to hydrolysis) is 1. The van der Waals surface area contributed by atoms with Crippen molar-refractivity contribution in [1.82, 2.24) is 5.32 Å². The van der Waals surface area contributed by atoms with Gasteiger partial charge in [-0.2, -0.15) is 13.2 Å². The number of ketones is 1. The molecule has 1 aromatic rings. The molecule has 0 saturated heterocycles. The quantitative estimate of drug-likeness (QED) is 0.762. The van der Waals surface area contributed by atoms with Crippen LogP contribution in [0.15, 0.2) is 18.2 Å². The number of amides is 1. The lowest BCUT2D eigenvalue weighted by molar-refractivity contribution is -0.140. The van der Waals surface area contributed by atoms with Crippen LogP contribution in [0, 0.1) is 5.82 Å². The van der Waals surface area contributed by atoms with Gasteiger partial charge in [0.15, 0.2) is 5.78 Å². The number of Topliss-reactive ketones (excluding diaryl/α,β-unsaturated/α-hetero) is 1. The van der Waals surface area contributed by atoms with E-state index >= 15 is 0 Å². The maximum Gasteiger partial charge on any atom is 0.419 e. The van der Waals surface area contributed by atoms with E-state index in [-0.39, 0.29) is 24.2 Å². The SMILES string of the molecule is CC(C)(C)OC(=O)NC1(c2ccc(C(F)(F)F)c(F)c2)CCCCC1=O. The van der Waals surface area contributed by atoms with Gasteiger partial charge in [0.2, 0.25) is 0 Å². The van der Waals surface area contributed by atoms with Crippen molar-refractivity contribution in [2.75, 3.05) is 0 Å². The van der Waals surface area contributed by atoms with Gasteiger partial charge in [0, 0.05) is 6.42 Å². The number of halogens is 4. The van der Waals surface area contributed by atoms with Crippen LogP contribution in [-0.2, 0) is 21.2 Å². The molecule has 0 heterocycles. The van der Waals surface area contributed by atoms with Gasteiger partial charge in [-0.05, 0) is 57.7 Å². The standard InChI is InChI=1S/C18H21F4NO3/c1-16(2,3)26-15(25)23-17(9-5-4-6-14(17)24)11-7-8-12(13(19)10-11)18(20,21)22/h7-8,10H,4-6,9H2,1-3H3,(H,23,25). The average Bonchev–Trinajstić information content (AvgIpc) is 2.46. The largest absolute Gasteiger partial charge is 0.444 e. The Bertz CT molecular complexity index is 709. The van der Waals surface area contributed by atoms with Crippen LogP contribution >= 0.6 is 0 Å². The zero-order valence-corrected chi connectivity index (χ0v) is 14.8. The molecule has 144 valence electrons. The molecule has 26 heavy (non-hydrogen) atoms. The van der Waals surface area contributed by atoms with Crippen LogP contribution in [0.4, 0.5) is 22.4 Å². The molecule has 1 aliphatic carbocycles. The fourth-order valence-electron chi connectivity index (χ4n) is 3.03. The molecule has 1 aliphatic rings. The van der Waals surface area contributed by atoms with Gasteiger partial charge in [-0.3, -0.25) is 4.79 Å². The number of hydrogen-bond acceptors (Lipinski definition) is 3. The van der Waals surface area contributed by atoms with E-state index in [2.05, 4.69) is 5.32 Å². The summed E-state index contributed by atoms with van der Waals surface area (Å²) in [4.78, 5) is 24.8. The summed E-state index contributed by atoms with van der Waals surface area (Å²) < 4.78 is 57.6. The normalized spacial score (nSPS) is 21.4. The third-order valence-corrected chi connectivity index (χ3v) is 4.16. The molecular weight excluding hydrogens is 354 g/mol. The van der Waals surface area contributed by atoms with Gasteiger partial charge in [-0.25, -0.2) is 9.18 Å². The van der Waals surface area contributed by atoms with E-state index in [1.165, 1.54) is 0 Å². The molecule has 1 unspecified atom stereocenters. The van der Waals surface area contributed by atoms with E-state index in [4.69, 9.17) is 4.74 Å². The number of carbonyl (C=O) groups excluding carboxylic acids is 2. The number of nitrogens with one attached hydrogen (secondary N) is 1. The number of ether oxygens (including phenoxy) is 1. The first-order chi connectivity index (χ1) is 11.8. The minimum Gasteiger partial charge on any atom is -0.444 e. The molecule has 4 nitrogen and oxygen atoms in total. The minimum absolute atomic E-state index is 0.0152.